The first-order valence-electron chi connectivity index (χ1n) is 9.76. The molecule has 0 bridgehead atoms. The van der Waals surface area contributed by atoms with Gasteiger partial charge in [-0.05, 0) is 0 Å². The van der Waals surface area contributed by atoms with Crippen LogP contribution in [0.2, 0.25) is 18.3 Å². The van der Waals surface area contributed by atoms with Crippen molar-refractivity contribution >= 4 is 44.7 Å². The molecule has 1 aromatic carbocycles. The van der Waals surface area contributed by atoms with Crippen LogP contribution in [-0.2, 0) is 0 Å². The van der Waals surface area contributed by atoms with E-state index in [1.165, 1.54) is 51.8 Å². The topological polar surface area (TPSA) is 45.8 Å². The number of unbranched alkanes of at least 4 members (excludes halogenated alkanes) is 3. The molecule has 0 radical (unpaired) electrons. The number of benzene rings is 1. The molecule has 2 aromatic rings. The van der Waals surface area contributed by atoms with Crippen LogP contribution in [0.1, 0.15) is 59.3 Å². The molecule has 5 heteroatoms. The monoisotopic (exact) mass is 470 g/mol. The van der Waals surface area contributed by atoms with E-state index in [0.29, 0.717) is 10.4 Å². The Balaban J connectivity index is 2.55. The predicted octanol–water partition coefficient (Wildman–Crippen LogP) is 5.63. The van der Waals surface area contributed by atoms with Crippen molar-refractivity contribution in [2.45, 2.75) is 72.6 Å². The SMILES string of the molecule is CCC[CH2][Sn]([CH2]CCC)([CH2]CCC)[c]1nc2ccc(Cl)cc2c(=O)[nH]1. The average Bonchev–Trinajstić information content (AvgIpc) is 2.62. The average molecular weight is 470 g/mol. The van der Waals surface area contributed by atoms with E-state index in [1.807, 2.05) is 12.1 Å². The summed E-state index contributed by atoms with van der Waals surface area (Å²) in [6.45, 7) is 6.78. The molecule has 1 heterocycles. The molecular weight excluding hydrogens is 438 g/mol. The zero-order chi connectivity index (χ0) is 18.3. The minimum absolute atomic E-state index is 0.0203. The van der Waals surface area contributed by atoms with Gasteiger partial charge in [0.25, 0.3) is 0 Å². The van der Waals surface area contributed by atoms with Gasteiger partial charge in [-0.2, -0.15) is 0 Å². The van der Waals surface area contributed by atoms with Crippen LogP contribution in [0.15, 0.2) is 23.0 Å². The van der Waals surface area contributed by atoms with Gasteiger partial charge in [0, 0.05) is 0 Å². The number of nitrogens with one attached hydrogen (secondary N) is 1. The van der Waals surface area contributed by atoms with Gasteiger partial charge in [0.15, 0.2) is 0 Å². The number of rotatable bonds is 10. The van der Waals surface area contributed by atoms with E-state index in [9.17, 15) is 4.79 Å². The Kier molecular flexibility index (Phi) is 8.27. The van der Waals surface area contributed by atoms with Crippen molar-refractivity contribution < 1.29 is 0 Å². The molecule has 1 aromatic heterocycles. The zero-order valence-corrected chi connectivity index (χ0v) is 19.4. The van der Waals surface area contributed by atoms with Crippen molar-refractivity contribution in [1.29, 1.82) is 0 Å². The molecule has 0 saturated heterocycles. The molecule has 3 nitrogen and oxygen atoms in total. The van der Waals surface area contributed by atoms with Crippen molar-refractivity contribution in [2.24, 2.45) is 0 Å². The number of fused-ring (bicyclic) bond motifs is 1. The fraction of sp³-hybridized carbons (Fsp3) is 0.600. The summed E-state index contributed by atoms with van der Waals surface area (Å²) < 4.78 is 4.98. The molecule has 0 aliphatic rings. The molecule has 0 aliphatic carbocycles. The van der Waals surface area contributed by atoms with Gasteiger partial charge in [0.1, 0.15) is 0 Å². The first kappa shape index (κ1) is 20.8. The molecular formula is C20H31ClN2OSn. The Morgan fingerprint density at radius 2 is 1.56 bits per heavy atom. The van der Waals surface area contributed by atoms with E-state index < -0.39 is 18.4 Å². The van der Waals surface area contributed by atoms with Crippen LogP contribution in [0.25, 0.3) is 10.9 Å². The maximum atomic E-state index is 12.7. The van der Waals surface area contributed by atoms with Gasteiger partial charge in [-0.3, -0.25) is 0 Å². The fourth-order valence-corrected chi connectivity index (χ4v) is 18.9. The molecule has 0 atom stereocenters. The van der Waals surface area contributed by atoms with Gasteiger partial charge in [-0.15, -0.1) is 0 Å². The summed E-state index contributed by atoms with van der Waals surface area (Å²) in [4.78, 5) is 20.9. The summed E-state index contributed by atoms with van der Waals surface area (Å²) in [6, 6.07) is 5.46. The molecule has 0 spiro atoms. The summed E-state index contributed by atoms with van der Waals surface area (Å²) in [5.41, 5.74) is 0.779. The Morgan fingerprint density at radius 1 is 1.00 bits per heavy atom. The molecule has 25 heavy (non-hydrogen) atoms. The second-order valence-electron chi connectivity index (χ2n) is 7.17. The Bertz CT molecular complexity index is 722. The van der Waals surface area contributed by atoms with E-state index in [-0.39, 0.29) is 5.56 Å². The molecule has 138 valence electrons. The van der Waals surface area contributed by atoms with E-state index >= 15 is 0 Å². The number of H-pyrrole nitrogens is 1. The maximum absolute atomic E-state index is 12.7. The van der Waals surface area contributed by atoms with Crippen LogP contribution in [0.5, 0.6) is 0 Å². The second kappa shape index (κ2) is 9.96. The molecule has 0 aliphatic heterocycles. The third kappa shape index (κ3) is 5.22. The summed E-state index contributed by atoms with van der Waals surface area (Å²) in [5.74, 6) is 0. The van der Waals surface area contributed by atoms with Crippen molar-refractivity contribution in [2.75, 3.05) is 0 Å². The van der Waals surface area contributed by atoms with Crippen LogP contribution < -0.4 is 9.40 Å². The third-order valence-electron chi connectivity index (χ3n) is 5.20. The fourth-order valence-electron chi connectivity index (χ4n) is 3.64. The number of aromatic nitrogens is 2. The van der Waals surface area contributed by atoms with Crippen LogP contribution in [0.4, 0.5) is 0 Å². The molecule has 0 saturated carbocycles. The van der Waals surface area contributed by atoms with Gasteiger partial charge in [-0.1, -0.05) is 0 Å². The molecule has 0 fully saturated rings. The van der Waals surface area contributed by atoms with Crippen molar-refractivity contribution in [1.82, 2.24) is 9.97 Å². The number of hydrogen-bond donors (Lipinski definition) is 1. The second-order valence-corrected chi connectivity index (χ2v) is 20.5. The summed E-state index contributed by atoms with van der Waals surface area (Å²) in [7, 11) is 0. The first-order valence-corrected chi connectivity index (χ1v) is 17.6. The van der Waals surface area contributed by atoms with E-state index in [2.05, 4.69) is 25.8 Å². The van der Waals surface area contributed by atoms with Crippen LogP contribution in [0.3, 0.4) is 0 Å². The molecule has 0 amide bonds. The van der Waals surface area contributed by atoms with E-state index in [0.717, 1.165) is 9.36 Å². The molecule has 0 unspecified atom stereocenters. The van der Waals surface area contributed by atoms with Gasteiger partial charge in [-0.25, -0.2) is 0 Å². The van der Waals surface area contributed by atoms with E-state index in [1.54, 1.807) is 6.07 Å². The van der Waals surface area contributed by atoms with Gasteiger partial charge in [0.05, 0.1) is 0 Å². The van der Waals surface area contributed by atoms with Crippen LogP contribution in [-0.4, -0.2) is 28.3 Å². The molecule has 1 N–H and O–H groups in total. The number of aromatic amines is 1. The molecule has 2 rings (SSSR count). The van der Waals surface area contributed by atoms with Crippen LogP contribution in [0, 0.1) is 0 Å². The standard InChI is InChI=1S/C8H4ClN2O.3C4H9.Sn/c9-5-1-2-7-6(3-5)8(12)11-4-10-7;3*1-3-4-2;/h1-3H,(H,10,11,12);3*1,3-4H2,2H3;. The Labute approximate surface area is 160 Å². The van der Waals surface area contributed by atoms with Crippen molar-refractivity contribution in [3.63, 3.8) is 0 Å². The minimum atomic E-state index is -2.71. The van der Waals surface area contributed by atoms with Gasteiger partial charge >= 0.3 is 161 Å². The number of nitrogens with zero attached hydrogens (tertiary/aromatic N) is 1. The summed E-state index contributed by atoms with van der Waals surface area (Å²) in [6.07, 6.45) is 7.41. The third-order valence-corrected chi connectivity index (χ3v) is 20.2. The first-order chi connectivity index (χ1) is 12.1. The number of halogens is 1. The normalized spacial score (nSPS) is 12.0. The van der Waals surface area contributed by atoms with Gasteiger partial charge in [0.2, 0.25) is 0 Å². The summed E-state index contributed by atoms with van der Waals surface area (Å²) in [5, 5.41) is 1.20. The summed E-state index contributed by atoms with van der Waals surface area (Å²) >= 11 is 3.35. The predicted molar refractivity (Wildman–Crippen MR) is 112 cm³/mol. The zero-order valence-electron chi connectivity index (χ0n) is 15.8. The van der Waals surface area contributed by atoms with Gasteiger partial charge < -0.3 is 0 Å². The van der Waals surface area contributed by atoms with E-state index in [4.69, 9.17) is 16.6 Å². The Hall–Kier alpha value is -0.551. The number of hydrogen-bond acceptors (Lipinski definition) is 2. The quantitative estimate of drug-likeness (QED) is 0.458. The van der Waals surface area contributed by atoms with Crippen molar-refractivity contribution in [3.8, 4) is 0 Å². The van der Waals surface area contributed by atoms with Crippen molar-refractivity contribution in [3.05, 3.63) is 33.6 Å². The van der Waals surface area contributed by atoms with Crippen LogP contribution >= 0.6 is 11.6 Å². The Morgan fingerprint density at radius 3 is 2.08 bits per heavy atom.